The van der Waals surface area contributed by atoms with Crippen LogP contribution in [0.2, 0.25) is 0 Å². The van der Waals surface area contributed by atoms with Gasteiger partial charge in [-0.1, -0.05) is 6.92 Å². The van der Waals surface area contributed by atoms with Gasteiger partial charge in [0, 0.05) is 18.8 Å². The number of esters is 1. The number of piperidine rings is 1. The molecule has 5 fully saturated rings. The van der Waals surface area contributed by atoms with E-state index in [1.807, 2.05) is 27.7 Å². The smallest absolute Gasteiger partial charge is 0.326 e. The van der Waals surface area contributed by atoms with Crippen molar-refractivity contribution in [1.29, 1.82) is 0 Å². The monoisotopic (exact) mass is 381 g/mol. The van der Waals surface area contributed by atoms with Crippen LogP contribution in [0.1, 0.15) is 66.7 Å². The molecule has 2 bridgehead atoms. The molecule has 6 atom stereocenters. The van der Waals surface area contributed by atoms with Crippen LogP contribution in [-0.2, 0) is 28.8 Å². The number of likely N-dealkylation sites (tertiary alicyclic amines) is 1. The maximum atomic E-state index is 13.0. The first-order chi connectivity index (χ1) is 12.5. The summed E-state index contributed by atoms with van der Waals surface area (Å²) in [6, 6.07) is 0. The van der Waals surface area contributed by atoms with Crippen LogP contribution in [0.3, 0.4) is 0 Å². The fourth-order valence-corrected chi connectivity index (χ4v) is 5.44. The van der Waals surface area contributed by atoms with Gasteiger partial charge in [-0.25, -0.2) is 9.78 Å². The summed E-state index contributed by atoms with van der Waals surface area (Å²) in [7, 11) is 0. The van der Waals surface area contributed by atoms with Crippen molar-refractivity contribution in [3.8, 4) is 0 Å². The minimum atomic E-state index is -0.901. The van der Waals surface area contributed by atoms with Crippen molar-refractivity contribution >= 4 is 11.9 Å². The largest absolute Gasteiger partial charge is 0.459 e. The van der Waals surface area contributed by atoms with E-state index in [1.54, 1.807) is 0 Å². The Morgan fingerprint density at radius 2 is 2.00 bits per heavy atom. The highest BCUT2D eigenvalue weighted by atomic mass is 17.3. The first-order valence-electron chi connectivity index (χ1n) is 10.1. The molecule has 1 saturated carbocycles. The van der Waals surface area contributed by atoms with E-state index in [0.29, 0.717) is 18.8 Å². The molecule has 0 aromatic heterocycles. The Balaban J connectivity index is 1.69. The third-order valence-corrected chi connectivity index (χ3v) is 6.64. The van der Waals surface area contributed by atoms with Gasteiger partial charge in [-0.15, -0.1) is 0 Å². The molecule has 7 heteroatoms. The molecule has 5 rings (SSSR count). The number of ether oxygens (including phenoxy) is 2. The number of rotatable bonds is 2. The van der Waals surface area contributed by atoms with Crippen LogP contribution in [0.5, 0.6) is 0 Å². The van der Waals surface area contributed by atoms with E-state index in [-0.39, 0.29) is 24.3 Å². The van der Waals surface area contributed by atoms with Gasteiger partial charge in [0.1, 0.15) is 12.1 Å². The molecule has 0 radical (unpaired) electrons. The Morgan fingerprint density at radius 1 is 1.26 bits per heavy atom. The van der Waals surface area contributed by atoms with E-state index in [9.17, 15) is 9.59 Å². The third kappa shape index (κ3) is 3.08. The van der Waals surface area contributed by atoms with Crippen molar-refractivity contribution < 1.29 is 28.8 Å². The number of carbonyl (C=O) groups is 2. The summed E-state index contributed by atoms with van der Waals surface area (Å²) in [6.07, 6.45) is 3.35. The van der Waals surface area contributed by atoms with E-state index in [1.165, 1.54) is 4.90 Å². The lowest BCUT2D eigenvalue weighted by Crippen LogP contribution is -2.73. The SMILES string of the molecule is C[C@@H]1CC[C@H]2CC(=O)N(CC(=O)OC(C)(C)C)[C@@H]3O[C@@]4(C)CC[C@@H]1[C@@]23OO4. The predicted molar refractivity (Wildman–Crippen MR) is 95.0 cm³/mol. The molecule has 0 N–H and O–H groups in total. The number of nitrogens with zero attached hydrogens (tertiary/aromatic N) is 1. The van der Waals surface area contributed by atoms with Gasteiger partial charge in [-0.05, 0) is 58.8 Å². The second kappa shape index (κ2) is 6.16. The van der Waals surface area contributed by atoms with Crippen molar-refractivity contribution in [1.82, 2.24) is 4.90 Å². The molecule has 27 heavy (non-hydrogen) atoms. The lowest BCUT2D eigenvalue weighted by molar-refractivity contribution is -0.545. The van der Waals surface area contributed by atoms with E-state index in [0.717, 1.165) is 19.3 Å². The van der Waals surface area contributed by atoms with Crippen LogP contribution in [0, 0.1) is 17.8 Å². The summed E-state index contributed by atoms with van der Waals surface area (Å²) in [5, 5.41) is 0. The summed E-state index contributed by atoms with van der Waals surface area (Å²) in [4.78, 5) is 38.8. The second-order valence-corrected chi connectivity index (χ2v) is 9.83. The molecule has 4 heterocycles. The second-order valence-electron chi connectivity index (χ2n) is 9.83. The van der Waals surface area contributed by atoms with E-state index in [4.69, 9.17) is 19.2 Å². The lowest BCUT2D eigenvalue weighted by atomic mass is 9.59. The maximum Gasteiger partial charge on any atom is 0.326 e. The molecule has 0 unspecified atom stereocenters. The minimum absolute atomic E-state index is 0.0498. The molecular weight excluding hydrogens is 350 g/mol. The fraction of sp³-hybridized carbons (Fsp3) is 0.900. The number of fused-ring (bicyclic) bond motifs is 2. The zero-order chi connectivity index (χ0) is 19.6. The Bertz CT molecular complexity index is 641. The van der Waals surface area contributed by atoms with Gasteiger partial charge in [0.25, 0.3) is 0 Å². The van der Waals surface area contributed by atoms with Crippen molar-refractivity contribution in [2.24, 2.45) is 17.8 Å². The highest BCUT2D eigenvalue weighted by Gasteiger charge is 2.69. The Morgan fingerprint density at radius 3 is 2.70 bits per heavy atom. The van der Waals surface area contributed by atoms with Crippen LogP contribution in [0.15, 0.2) is 0 Å². The van der Waals surface area contributed by atoms with Gasteiger partial charge in [0.2, 0.25) is 11.7 Å². The van der Waals surface area contributed by atoms with Crippen molar-refractivity contribution in [2.75, 3.05) is 6.54 Å². The van der Waals surface area contributed by atoms with Crippen molar-refractivity contribution in [2.45, 2.75) is 89.9 Å². The molecule has 4 saturated heterocycles. The van der Waals surface area contributed by atoms with Crippen LogP contribution in [-0.4, -0.2) is 46.5 Å². The van der Waals surface area contributed by atoms with Crippen LogP contribution < -0.4 is 0 Å². The highest BCUT2D eigenvalue weighted by Crippen LogP contribution is 2.59. The summed E-state index contributed by atoms with van der Waals surface area (Å²) in [5.74, 6) is -0.668. The van der Waals surface area contributed by atoms with E-state index >= 15 is 0 Å². The quantitative estimate of drug-likeness (QED) is 0.541. The van der Waals surface area contributed by atoms with Crippen molar-refractivity contribution in [3.05, 3.63) is 0 Å². The van der Waals surface area contributed by atoms with Gasteiger partial charge in [0.15, 0.2) is 11.8 Å². The van der Waals surface area contributed by atoms with Crippen LogP contribution >= 0.6 is 0 Å². The molecular formula is C20H31NO6. The van der Waals surface area contributed by atoms with Gasteiger partial charge in [0.05, 0.1) is 0 Å². The molecule has 5 aliphatic rings. The molecule has 1 spiro atoms. The van der Waals surface area contributed by atoms with Gasteiger partial charge in [-0.2, -0.15) is 0 Å². The molecule has 1 aliphatic carbocycles. The summed E-state index contributed by atoms with van der Waals surface area (Å²) < 4.78 is 11.8. The minimum Gasteiger partial charge on any atom is -0.459 e. The van der Waals surface area contributed by atoms with Crippen LogP contribution in [0.4, 0.5) is 0 Å². The fourth-order valence-electron chi connectivity index (χ4n) is 5.44. The average Bonchev–Trinajstić information content (AvgIpc) is 2.78. The zero-order valence-electron chi connectivity index (χ0n) is 16.9. The predicted octanol–water partition coefficient (Wildman–Crippen LogP) is 2.78. The number of carbonyl (C=O) groups excluding carboxylic acids is 2. The number of hydrogen-bond acceptors (Lipinski definition) is 6. The van der Waals surface area contributed by atoms with Gasteiger partial charge >= 0.3 is 5.97 Å². The van der Waals surface area contributed by atoms with E-state index < -0.39 is 29.2 Å². The van der Waals surface area contributed by atoms with Gasteiger partial charge < -0.3 is 14.4 Å². The average molecular weight is 381 g/mol. The lowest BCUT2D eigenvalue weighted by Gasteiger charge is -2.60. The number of amides is 1. The molecule has 1 amide bonds. The first-order valence-corrected chi connectivity index (χ1v) is 10.1. The molecule has 0 aromatic carbocycles. The molecule has 152 valence electrons. The maximum absolute atomic E-state index is 13.0. The normalized spacial score (nSPS) is 43.9. The van der Waals surface area contributed by atoms with Crippen LogP contribution in [0.25, 0.3) is 0 Å². The molecule has 7 nitrogen and oxygen atoms in total. The zero-order valence-corrected chi connectivity index (χ0v) is 16.9. The Kier molecular flexibility index (Phi) is 4.37. The summed E-state index contributed by atoms with van der Waals surface area (Å²) in [6.45, 7) is 9.42. The molecule has 4 aliphatic heterocycles. The summed E-state index contributed by atoms with van der Waals surface area (Å²) in [5.41, 5.74) is -1.31. The van der Waals surface area contributed by atoms with E-state index in [2.05, 4.69) is 6.92 Å². The van der Waals surface area contributed by atoms with Gasteiger partial charge in [-0.3, -0.25) is 9.59 Å². The summed E-state index contributed by atoms with van der Waals surface area (Å²) >= 11 is 0. The van der Waals surface area contributed by atoms with Crippen molar-refractivity contribution in [3.63, 3.8) is 0 Å². The molecule has 0 aromatic rings. The topological polar surface area (TPSA) is 74.3 Å². The number of hydrogen-bond donors (Lipinski definition) is 0. The third-order valence-electron chi connectivity index (χ3n) is 6.64. The first kappa shape index (κ1) is 19.2. The Labute approximate surface area is 160 Å². The Hall–Kier alpha value is -1.18. The highest BCUT2D eigenvalue weighted by molar-refractivity contribution is 5.83. The standard InChI is InChI=1S/C20H31NO6/c1-12-6-7-13-10-15(22)21(11-16(23)24-18(2,3)4)17-20(13)14(12)8-9-19(5,25-17)26-27-20/h12-14,17H,6-11H2,1-5H3/t12-,13+,14+,17-,19-,20+/m1/s1.